The van der Waals surface area contributed by atoms with Crippen molar-refractivity contribution in [3.63, 3.8) is 0 Å². The van der Waals surface area contributed by atoms with Gasteiger partial charge in [-0.2, -0.15) is 0 Å². The summed E-state index contributed by atoms with van der Waals surface area (Å²) in [4.78, 5) is 32.8. The van der Waals surface area contributed by atoms with Crippen molar-refractivity contribution in [2.75, 3.05) is 0 Å². The molecular weight excluding hydrogens is 507 g/mol. The molecule has 0 radical (unpaired) electrons. The first kappa shape index (κ1) is 23.4. The lowest BCUT2D eigenvalue weighted by atomic mass is 9.77. The lowest BCUT2D eigenvalue weighted by Crippen LogP contribution is -2.13. The van der Waals surface area contributed by atoms with Crippen molar-refractivity contribution < 1.29 is 24.6 Å². The summed E-state index contributed by atoms with van der Waals surface area (Å²) in [5.41, 5.74) is 5.17. The molecule has 0 amide bonds. The Morgan fingerprint density at radius 2 is 1.29 bits per heavy atom. The van der Waals surface area contributed by atoms with E-state index >= 15 is 0 Å². The van der Waals surface area contributed by atoms with Crippen LogP contribution in [0.2, 0.25) is 0 Å². The Hall–Kier alpha value is -2.22. The fraction of sp³-hybridized carbons (Fsp3) is 0.400. The summed E-state index contributed by atoms with van der Waals surface area (Å²) < 4.78 is 1.10. The van der Waals surface area contributed by atoms with Crippen LogP contribution in [0.25, 0.3) is 0 Å². The third kappa shape index (κ3) is 5.17. The third-order valence-corrected chi connectivity index (χ3v) is 7.39. The Bertz CT molecular complexity index is 1020. The Kier molecular flexibility index (Phi) is 7.51. The van der Waals surface area contributed by atoms with Crippen LogP contribution in [0.1, 0.15) is 104 Å². The van der Waals surface area contributed by atoms with Crippen LogP contribution in [0, 0.1) is 17.4 Å². The van der Waals surface area contributed by atoms with Gasteiger partial charge in [0.2, 0.25) is 0 Å². The van der Waals surface area contributed by atoms with E-state index in [1.54, 1.807) is 13.0 Å². The molecule has 164 valence electrons. The highest BCUT2D eigenvalue weighted by molar-refractivity contribution is 14.1. The number of carboxylic acids is 2. The largest absolute Gasteiger partial charge is 0.478 e. The molecule has 2 aliphatic rings. The Balaban J connectivity index is 0.000000176. The number of hydrogen-bond donors (Lipinski definition) is 2. The predicted octanol–water partition coefficient (Wildman–Crippen LogP) is 6.34. The summed E-state index contributed by atoms with van der Waals surface area (Å²) in [7, 11) is 0. The molecule has 2 N–H and O–H groups in total. The molecule has 0 heterocycles. The monoisotopic (exact) mass is 534 g/mol. The molecule has 0 saturated heterocycles. The van der Waals surface area contributed by atoms with Gasteiger partial charge in [-0.25, -0.2) is 9.59 Å². The summed E-state index contributed by atoms with van der Waals surface area (Å²) in [5, 5.41) is 18.0. The van der Waals surface area contributed by atoms with E-state index in [4.69, 9.17) is 10.2 Å². The number of rotatable bonds is 5. The molecule has 0 aliphatic heterocycles. The number of carboxylic acid groups (broad SMARTS) is 2. The van der Waals surface area contributed by atoms with Crippen LogP contribution in [0.15, 0.2) is 24.3 Å². The minimum atomic E-state index is -0.972. The second-order valence-corrected chi connectivity index (χ2v) is 9.63. The van der Waals surface area contributed by atoms with Gasteiger partial charge in [0, 0.05) is 9.13 Å². The highest BCUT2D eigenvalue weighted by Gasteiger charge is 2.24. The molecule has 2 saturated carbocycles. The van der Waals surface area contributed by atoms with Gasteiger partial charge in [0.15, 0.2) is 0 Å². The molecular formula is C25H27IO5. The van der Waals surface area contributed by atoms with Crippen LogP contribution >= 0.6 is 22.6 Å². The second-order valence-electron chi connectivity index (χ2n) is 8.47. The fourth-order valence-corrected chi connectivity index (χ4v) is 5.03. The standard InChI is InChI=1S/C13H14O3.C12H13IO2/c1-8-5-12(9-3-2-4-9)10(7-14)6-11(8)13(15)16;1-7-5-10(8-3-2-4-8)11(13)6-9(7)12(14)15/h5-7,9H,2-4H2,1H3,(H,15,16);5-6,8H,2-4H2,1H3,(H,14,15). The summed E-state index contributed by atoms with van der Waals surface area (Å²) in [6.45, 7) is 3.65. The number of aryl methyl sites for hydroxylation is 2. The number of halogens is 1. The Morgan fingerprint density at radius 1 is 0.839 bits per heavy atom. The van der Waals surface area contributed by atoms with Crippen molar-refractivity contribution in [3.05, 3.63) is 66.8 Å². The van der Waals surface area contributed by atoms with Crippen molar-refractivity contribution in [2.45, 2.75) is 64.2 Å². The SMILES string of the molecule is Cc1cc(C2CCC2)c(C=O)cc1C(=O)O.Cc1cc(C2CCC2)c(I)cc1C(=O)O. The van der Waals surface area contributed by atoms with E-state index < -0.39 is 11.9 Å². The van der Waals surface area contributed by atoms with E-state index in [0.717, 1.165) is 39.4 Å². The van der Waals surface area contributed by atoms with Crippen LogP contribution in [0.3, 0.4) is 0 Å². The number of carbonyl (C=O) groups excluding carboxylic acids is 1. The van der Waals surface area contributed by atoms with Crippen LogP contribution in [-0.2, 0) is 0 Å². The topological polar surface area (TPSA) is 91.7 Å². The third-order valence-electron chi connectivity index (χ3n) is 6.45. The summed E-state index contributed by atoms with van der Waals surface area (Å²) in [6.07, 6.45) is 7.98. The van der Waals surface area contributed by atoms with Gasteiger partial charge < -0.3 is 10.2 Å². The van der Waals surface area contributed by atoms with E-state index in [9.17, 15) is 14.4 Å². The lowest BCUT2D eigenvalue weighted by molar-refractivity contribution is 0.0685. The van der Waals surface area contributed by atoms with Gasteiger partial charge >= 0.3 is 11.9 Å². The Morgan fingerprint density at radius 3 is 1.71 bits per heavy atom. The van der Waals surface area contributed by atoms with Crippen molar-refractivity contribution in [2.24, 2.45) is 0 Å². The molecule has 5 nitrogen and oxygen atoms in total. The normalized spacial score (nSPS) is 15.8. The highest BCUT2D eigenvalue weighted by Crippen LogP contribution is 2.40. The fourth-order valence-electron chi connectivity index (χ4n) is 4.12. The van der Waals surface area contributed by atoms with Crippen molar-refractivity contribution in [1.82, 2.24) is 0 Å². The first-order chi connectivity index (χ1) is 14.7. The first-order valence-corrected chi connectivity index (χ1v) is 11.7. The molecule has 2 aromatic rings. The minimum absolute atomic E-state index is 0.227. The first-order valence-electron chi connectivity index (χ1n) is 10.6. The van der Waals surface area contributed by atoms with Gasteiger partial charge in [0.05, 0.1) is 11.1 Å². The number of carbonyl (C=O) groups is 3. The van der Waals surface area contributed by atoms with E-state index in [1.165, 1.54) is 37.3 Å². The highest BCUT2D eigenvalue weighted by atomic mass is 127. The van der Waals surface area contributed by atoms with Crippen molar-refractivity contribution in [3.8, 4) is 0 Å². The van der Waals surface area contributed by atoms with Crippen LogP contribution in [-0.4, -0.2) is 28.4 Å². The molecule has 0 atom stereocenters. The van der Waals surface area contributed by atoms with E-state index in [-0.39, 0.29) is 5.56 Å². The predicted molar refractivity (Wildman–Crippen MR) is 128 cm³/mol. The van der Waals surface area contributed by atoms with Gasteiger partial charge in [-0.3, -0.25) is 4.79 Å². The number of benzene rings is 2. The molecule has 0 aromatic heterocycles. The summed E-state index contributed by atoms with van der Waals surface area (Å²) >= 11 is 2.25. The molecule has 31 heavy (non-hydrogen) atoms. The lowest BCUT2D eigenvalue weighted by Gasteiger charge is -2.27. The maximum Gasteiger partial charge on any atom is 0.335 e. The molecule has 2 aliphatic carbocycles. The maximum atomic E-state index is 11.0. The van der Waals surface area contributed by atoms with Gasteiger partial charge in [-0.05, 0) is 108 Å². The molecule has 0 unspecified atom stereocenters. The van der Waals surface area contributed by atoms with E-state index in [0.29, 0.717) is 23.0 Å². The molecule has 0 bridgehead atoms. The quantitative estimate of drug-likeness (QED) is 0.345. The van der Waals surface area contributed by atoms with Crippen LogP contribution in [0.4, 0.5) is 0 Å². The zero-order valence-electron chi connectivity index (χ0n) is 17.8. The van der Waals surface area contributed by atoms with Gasteiger partial charge in [0.1, 0.15) is 6.29 Å². The molecule has 2 fully saturated rings. The molecule has 4 rings (SSSR count). The molecule has 0 spiro atoms. The molecule has 6 heteroatoms. The van der Waals surface area contributed by atoms with Gasteiger partial charge in [-0.1, -0.05) is 25.0 Å². The zero-order chi connectivity index (χ0) is 22.7. The van der Waals surface area contributed by atoms with Crippen LogP contribution in [0.5, 0.6) is 0 Å². The summed E-state index contributed by atoms with van der Waals surface area (Å²) in [6, 6.07) is 7.20. The summed E-state index contributed by atoms with van der Waals surface area (Å²) in [5.74, 6) is -0.688. The number of hydrogen-bond acceptors (Lipinski definition) is 3. The average Bonchev–Trinajstić information content (AvgIpc) is 2.62. The van der Waals surface area contributed by atoms with Crippen molar-refractivity contribution >= 4 is 40.8 Å². The number of aromatic carboxylic acids is 2. The maximum absolute atomic E-state index is 11.0. The van der Waals surface area contributed by atoms with E-state index in [2.05, 4.69) is 28.7 Å². The van der Waals surface area contributed by atoms with E-state index in [1.807, 2.05) is 13.0 Å². The molecule has 2 aromatic carbocycles. The minimum Gasteiger partial charge on any atom is -0.478 e. The second kappa shape index (κ2) is 9.94. The van der Waals surface area contributed by atoms with Crippen molar-refractivity contribution in [1.29, 1.82) is 0 Å². The Labute approximate surface area is 196 Å². The average molecular weight is 534 g/mol. The number of aldehydes is 1. The van der Waals surface area contributed by atoms with Gasteiger partial charge in [-0.15, -0.1) is 0 Å². The van der Waals surface area contributed by atoms with Gasteiger partial charge in [0.25, 0.3) is 0 Å². The van der Waals surface area contributed by atoms with Crippen LogP contribution < -0.4 is 0 Å². The smallest absolute Gasteiger partial charge is 0.335 e. The zero-order valence-corrected chi connectivity index (χ0v) is 19.9.